The largest absolute Gasteiger partial charge is 0.472 e. The molecule has 2 rings (SSSR count). The van der Waals surface area contributed by atoms with Crippen molar-refractivity contribution in [2.45, 2.75) is 13.0 Å². The Balaban J connectivity index is 2.05. The average molecular weight is 240 g/mol. The Bertz CT molecular complexity index is 565. The summed E-state index contributed by atoms with van der Waals surface area (Å²) in [4.78, 5) is 11.8. The molecule has 90 valence electrons. The molecular weight excluding hydrogens is 228 g/mol. The van der Waals surface area contributed by atoms with E-state index in [1.807, 2.05) is 19.1 Å². The van der Waals surface area contributed by atoms with Gasteiger partial charge < -0.3 is 9.73 Å². The SMILES string of the molecule is CC(NC(=O)c1ccoc1)c1ccc(C#N)cc1. The number of nitriles is 1. The topological polar surface area (TPSA) is 66.0 Å². The third kappa shape index (κ3) is 2.58. The van der Waals surface area contributed by atoms with E-state index in [0.29, 0.717) is 11.1 Å². The third-order valence-corrected chi connectivity index (χ3v) is 2.67. The van der Waals surface area contributed by atoms with Crippen LogP contribution in [0.3, 0.4) is 0 Å². The Morgan fingerprint density at radius 2 is 2.06 bits per heavy atom. The quantitative estimate of drug-likeness (QED) is 0.896. The van der Waals surface area contributed by atoms with E-state index in [1.54, 1.807) is 18.2 Å². The number of carbonyl (C=O) groups excluding carboxylic acids is 1. The van der Waals surface area contributed by atoms with Crippen molar-refractivity contribution < 1.29 is 9.21 Å². The molecule has 1 amide bonds. The minimum atomic E-state index is -0.180. The van der Waals surface area contributed by atoms with Gasteiger partial charge in [-0.2, -0.15) is 5.26 Å². The lowest BCUT2D eigenvalue weighted by molar-refractivity contribution is 0.0939. The molecule has 4 nitrogen and oxygen atoms in total. The summed E-state index contributed by atoms with van der Waals surface area (Å²) in [6, 6.07) is 10.7. The van der Waals surface area contributed by atoms with E-state index >= 15 is 0 Å². The Morgan fingerprint density at radius 3 is 2.61 bits per heavy atom. The zero-order valence-electron chi connectivity index (χ0n) is 9.88. The van der Waals surface area contributed by atoms with Gasteiger partial charge in [0.15, 0.2) is 0 Å². The van der Waals surface area contributed by atoms with Crippen LogP contribution in [0.5, 0.6) is 0 Å². The Hall–Kier alpha value is -2.54. The predicted octanol–water partition coefficient (Wildman–Crippen LogP) is 2.64. The molecule has 0 aliphatic rings. The third-order valence-electron chi connectivity index (χ3n) is 2.67. The van der Waals surface area contributed by atoms with Crippen molar-refractivity contribution in [2.75, 3.05) is 0 Å². The summed E-state index contributed by atoms with van der Waals surface area (Å²) in [5.41, 5.74) is 2.05. The fourth-order valence-corrected chi connectivity index (χ4v) is 1.60. The van der Waals surface area contributed by atoms with Crippen LogP contribution < -0.4 is 5.32 Å². The lowest BCUT2D eigenvalue weighted by Gasteiger charge is -2.13. The Kier molecular flexibility index (Phi) is 3.44. The molecule has 1 heterocycles. The van der Waals surface area contributed by atoms with E-state index in [0.717, 1.165) is 5.56 Å². The van der Waals surface area contributed by atoms with Crippen LogP contribution in [0.1, 0.15) is 34.5 Å². The van der Waals surface area contributed by atoms with Gasteiger partial charge in [0.1, 0.15) is 6.26 Å². The van der Waals surface area contributed by atoms with E-state index in [9.17, 15) is 4.79 Å². The first-order chi connectivity index (χ1) is 8.70. The fourth-order valence-electron chi connectivity index (χ4n) is 1.60. The molecule has 0 radical (unpaired) electrons. The lowest BCUT2D eigenvalue weighted by Crippen LogP contribution is -2.26. The molecule has 1 atom stereocenters. The molecule has 0 saturated carbocycles. The highest BCUT2D eigenvalue weighted by Gasteiger charge is 2.12. The minimum absolute atomic E-state index is 0.125. The smallest absolute Gasteiger partial charge is 0.255 e. The van der Waals surface area contributed by atoms with E-state index in [1.165, 1.54) is 12.5 Å². The second kappa shape index (κ2) is 5.19. The molecule has 0 aliphatic heterocycles. The van der Waals surface area contributed by atoms with Crippen LogP contribution in [0.25, 0.3) is 0 Å². The average Bonchev–Trinajstić information content (AvgIpc) is 2.92. The maximum Gasteiger partial charge on any atom is 0.255 e. The molecule has 18 heavy (non-hydrogen) atoms. The molecule has 0 aliphatic carbocycles. The van der Waals surface area contributed by atoms with Crippen LogP contribution in [0.2, 0.25) is 0 Å². The molecule has 1 aromatic heterocycles. The Labute approximate surface area is 105 Å². The summed E-state index contributed by atoms with van der Waals surface area (Å²) >= 11 is 0. The molecule has 0 spiro atoms. The van der Waals surface area contributed by atoms with Crippen LogP contribution >= 0.6 is 0 Å². The minimum Gasteiger partial charge on any atom is -0.472 e. The van der Waals surface area contributed by atoms with E-state index in [4.69, 9.17) is 9.68 Å². The van der Waals surface area contributed by atoms with E-state index in [2.05, 4.69) is 11.4 Å². The first kappa shape index (κ1) is 11.9. The number of carbonyl (C=O) groups is 1. The molecule has 4 heteroatoms. The normalized spacial score (nSPS) is 11.6. The monoisotopic (exact) mass is 240 g/mol. The molecule has 0 saturated heterocycles. The fraction of sp³-hybridized carbons (Fsp3) is 0.143. The van der Waals surface area contributed by atoms with Crippen molar-refractivity contribution in [1.29, 1.82) is 5.26 Å². The number of nitrogens with zero attached hydrogens (tertiary/aromatic N) is 1. The number of rotatable bonds is 3. The summed E-state index contributed by atoms with van der Waals surface area (Å²) in [6.45, 7) is 1.89. The first-order valence-corrected chi connectivity index (χ1v) is 5.54. The number of hydrogen-bond donors (Lipinski definition) is 1. The van der Waals surface area contributed by atoms with Gasteiger partial charge in [-0.15, -0.1) is 0 Å². The van der Waals surface area contributed by atoms with Gasteiger partial charge in [-0.05, 0) is 30.7 Å². The van der Waals surface area contributed by atoms with Crippen LogP contribution in [-0.2, 0) is 0 Å². The first-order valence-electron chi connectivity index (χ1n) is 5.54. The van der Waals surface area contributed by atoms with Crippen LogP contribution in [0, 0.1) is 11.3 Å². The maximum atomic E-state index is 11.8. The van der Waals surface area contributed by atoms with Crippen molar-refractivity contribution in [2.24, 2.45) is 0 Å². The molecule has 2 aromatic rings. The van der Waals surface area contributed by atoms with Gasteiger partial charge in [-0.1, -0.05) is 12.1 Å². The van der Waals surface area contributed by atoms with Gasteiger partial charge in [-0.25, -0.2) is 0 Å². The summed E-state index contributed by atoms with van der Waals surface area (Å²) in [5, 5.41) is 11.6. The molecule has 1 N–H and O–H groups in total. The van der Waals surface area contributed by atoms with Gasteiger partial charge in [0.05, 0.1) is 29.5 Å². The second-order valence-corrected chi connectivity index (χ2v) is 3.94. The number of hydrogen-bond acceptors (Lipinski definition) is 3. The Morgan fingerprint density at radius 1 is 1.33 bits per heavy atom. The molecular formula is C14H12N2O2. The number of benzene rings is 1. The van der Waals surface area contributed by atoms with Crippen molar-refractivity contribution >= 4 is 5.91 Å². The molecule has 1 aromatic carbocycles. The molecule has 0 fully saturated rings. The highest BCUT2D eigenvalue weighted by molar-refractivity contribution is 5.94. The highest BCUT2D eigenvalue weighted by Crippen LogP contribution is 2.14. The molecule has 1 unspecified atom stereocenters. The number of nitrogens with one attached hydrogen (secondary N) is 1. The zero-order valence-corrected chi connectivity index (χ0v) is 9.88. The molecule has 0 bridgehead atoms. The zero-order chi connectivity index (χ0) is 13.0. The summed E-state index contributed by atoms with van der Waals surface area (Å²) in [7, 11) is 0. The van der Waals surface area contributed by atoms with Crippen molar-refractivity contribution in [3.63, 3.8) is 0 Å². The summed E-state index contributed by atoms with van der Waals surface area (Å²) in [6.07, 6.45) is 2.86. The maximum absolute atomic E-state index is 11.8. The highest BCUT2D eigenvalue weighted by atomic mass is 16.3. The van der Waals surface area contributed by atoms with Gasteiger partial charge in [-0.3, -0.25) is 4.79 Å². The van der Waals surface area contributed by atoms with Gasteiger partial charge in [0, 0.05) is 0 Å². The van der Waals surface area contributed by atoms with Crippen LogP contribution in [0.4, 0.5) is 0 Å². The summed E-state index contributed by atoms with van der Waals surface area (Å²) in [5.74, 6) is -0.180. The van der Waals surface area contributed by atoms with E-state index < -0.39 is 0 Å². The van der Waals surface area contributed by atoms with Gasteiger partial charge in [0.25, 0.3) is 5.91 Å². The van der Waals surface area contributed by atoms with E-state index in [-0.39, 0.29) is 11.9 Å². The number of furan rings is 1. The van der Waals surface area contributed by atoms with Gasteiger partial charge >= 0.3 is 0 Å². The van der Waals surface area contributed by atoms with Crippen molar-refractivity contribution in [3.05, 3.63) is 59.5 Å². The lowest BCUT2D eigenvalue weighted by atomic mass is 10.1. The van der Waals surface area contributed by atoms with Crippen LogP contribution in [0.15, 0.2) is 47.3 Å². The van der Waals surface area contributed by atoms with Crippen molar-refractivity contribution in [3.8, 4) is 6.07 Å². The predicted molar refractivity (Wildman–Crippen MR) is 65.7 cm³/mol. The summed E-state index contributed by atoms with van der Waals surface area (Å²) < 4.78 is 4.86. The van der Waals surface area contributed by atoms with Crippen molar-refractivity contribution in [1.82, 2.24) is 5.32 Å². The van der Waals surface area contributed by atoms with Gasteiger partial charge in [0.2, 0.25) is 0 Å². The number of amides is 1. The van der Waals surface area contributed by atoms with Crippen LogP contribution in [-0.4, -0.2) is 5.91 Å². The standard InChI is InChI=1S/C14H12N2O2/c1-10(12-4-2-11(8-15)3-5-12)16-14(17)13-6-7-18-9-13/h2-7,9-10H,1H3,(H,16,17). The second-order valence-electron chi connectivity index (χ2n) is 3.94.